The molecule has 0 aliphatic carbocycles. The maximum Gasteiger partial charge on any atom is 0.225 e. The predicted octanol–water partition coefficient (Wildman–Crippen LogP) is 3.68. The standard InChI is InChI=1S/C25H31N3O2/c1-19-3-4-20(2)24(17-19)27-13-15-28(16-14-27)25(30)22-9-11-26(12-10-22)23-7-5-21(18-29)6-8-23/h3-8,17-18,22H,9-16H2,1-2H3. The molecule has 0 N–H and O–H groups in total. The number of carbonyl (C=O) groups excluding carboxylic acids is 2. The smallest absolute Gasteiger partial charge is 0.225 e. The zero-order chi connectivity index (χ0) is 21.1. The summed E-state index contributed by atoms with van der Waals surface area (Å²) in [6.07, 6.45) is 2.66. The lowest BCUT2D eigenvalue weighted by molar-refractivity contribution is -0.136. The molecular formula is C25H31N3O2. The fourth-order valence-electron chi connectivity index (χ4n) is 4.63. The predicted molar refractivity (Wildman–Crippen MR) is 121 cm³/mol. The number of rotatable bonds is 4. The number of nitrogens with zero attached hydrogens (tertiary/aromatic N) is 3. The zero-order valence-corrected chi connectivity index (χ0v) is 18.0. The molecule has 0 spiro atoms. The summed E-state index contributed by atoms with van der Waals surface area (Å²) in [5.74, 6) is 0.453. The first kappa shape index (κ1) is 20.5. The third-order valence-electron chi connectivity index (χ3n) is 6.54. The molecule has 0 bridgehead atoms. The minimum Gasteiger partial charge on any atom is -0.371 e. The van der Waals surface area contributed by atoms with Crippen molar-refractivity contribution in [1.82, 2.24) is 4.90 Å². The van der Waals surface area contributed by atoms with Crippen LogP contribution >= 0.6 is 0 Å². The van der Waals surface area contributed by atoms with Crippen molar-refractivity contribution in [3.05, 3.63) is 59.2 Å². The summed E-state index contributed by atoms with van der Waals surface area (Å²) >= 11 is 0. The highest BCUT2D eigenvalue weighted by Crippen LogP contribution is 2.27. The van der Waals surface area contributed by atoms with E-state index in [2.05, 4.69) is 46.7 Å². The molecule has 2 fully saturated rings. The van der Waals surface area contributed by atoms with Gasteiger partial charge in [-0.15, -0.1) is 0 Å². The van der Waals surface area contributed by atoms with E-state index in [-0.39, 0.29) is 5.92 Å². The van der Waals surface area contributed by atoms with Crippen molar-refractivity contribution in [2.45, 2.75) is 26.7 Å². The molecule has 2 aromatic carbocycles. The summed E-state index contributed by atoms with van der Waals surface area (Å²) < 4.78 is 0. The summed E-state index contributed by atoms with van der Waals surface area (Å²) in [7, 11) is 0. The van der Waals surface area contributed by atoms with Crippen molar-refractivity contribution < 1.29 is 9.59 Å². The zero-order valence-electron chi connectivity index (χ0n) is 18.0. The van der Waals surface area contributed by atoms with Gasteiger partial charge in [-0.25, -0.2) is 0 Å². The first-order valence-electron chi connectivity index (χ1n) is 11.0. The van der Waals surface area contributed by atoms with Crippen LogP contribution in [0.3, 0.4) is 0 Å². The normalized spacial score (nSPS) is 17.9. The van der Waals surface area contributed by atoms with E-state index < -0.39 is 0 Å². The summed E-state index contributed by atoms with van der Waals surface area (Å²) in [4.78, 5) is 30.7. The third kappa shape index (κ3) is 4.35. The van der Waals surface area contributed by atoms with Gasteiger partial charge in [-0.3, -0.25) is 9.59 Å². The Hall–Kier alpha value is -2.82. The topological polar surface area (TPSA) is 43.9 Å². The van der Waals surface area contributed by atoms with E-state index in [1.807, 2.05) is 24.3 Å². The summed E-state index contributed by atoms with van der Waals surface area (Å²) in [6, 6.07) is 14.3. The number of piperazine rings is 1. The molecule has 2 saturated heterocycles. The Morgan fingerprint density at radius 2 is 1.53 bits per heavy atom. The quantitative estimate of drug-likeness (QED) is 0.728. The summed E-state index contributed by atoms with van der Waals surface area (Å²) in [6.45, 7) is 9.48. The summed E-state index contributed by atoms with van der Waals surface area (Å²) in [5.41, 5.74) is 5.71. The SMILES string of the molecule is Cc1ccc(C)c(N2CCN(C(=O)C3CCN(c4ccc(C=O)cc4)CC3)CC2)c1. The van der Waals surface area contributed by atoms with Crippen LogP contribution in [0, 0.1) is 19.8 Å². The molecule has 1 amide bonds. The van der Waals surface area contributed by atoms with Crippen molar-refractivity contribution in [1.29, 1.82) is 0 Å². The lowest BCUT2D eigenvalue weighted by Crippen LogP contribution is -2.51. The van der Waals surface area contributed by atoms with Gasteiger partial charge in [0.2, 0.25) is 5.91 Å². The number of amides is 1. The second kappa shape index (κ2) is 8.90. The molecule has 0 atom stereocenters. The van der Waals surface area contributed by atoms with Crippen LogP contribution in [-0.2, 0) is 4.79 Å². The van der Waals surface area contributed by atoms with E-state index in [0.29, 0.717) is 11.5 Å². The van der Waals surface area contributed by atoms with Gasteiger partial charge in [0.05, 0.1) is 0 Å². The van der Waals surface area contributed by atoms with Gasteiger partial charge in [0.15, 0.2) is 0 Å². The average molecular weight is 406 g/mol. The minimum atomic E-state index is 0.128. The van der Waals surface area contributed by atoms with Gasteiger partial charge in [0, 0.05) is 62.1 Å². The number of benzene rings is 2. The number of piperidine rings is 1. The maximum absolute atomic E-state index is 13.1. The number of hydrogen-bond donors (Lipinski definition) is 0. The number of carbonyl (C=O) groups is 2. The van der Waals surface area contributed by atoms with E-state index in [9.17, 15) is 9.59 Å². The van der Waals surface area contributed by atoms with Crippen LogP contribution in [0.2, 0.25) is 0 Å². The fraction of sp³-hybridized carbons (Fsp3) is 0.440. The first-order valence-corrected chi connectivity index (χ1v) is 11.0. The van der Waals surface area contributed by atoms with Gasteiger partial charge in [-0.05, 0) is 68.1 Å². The third-order valence-corrected chi connectivity index (χ3v) is 6.54. The fourth-order valence-corrected chi connectivity index (χ4v) is 4.63. The van der Waals surface area contributed by atoms with Crippen LogP contribution in [-0.4, -0.2) is 56.4 Å². The molecule has 30 heavy (non-hydrogen) atoms. The van der Waals surface area contributed by atoms with Gasteiger partial charge in [-0.1, -0.05) is 12.1 Å². The lowest BCUT2D eigenvalue weighted by Gasteiger charge is -2.40. The van der Waals surface area contributed by atoms with Crippen LogP contribution < -0.4 is 9.80 Å². The molecule has 2 aliphatic heterocycles. The Labute approximate surface area is 179 Å². The van der Waals surface area contributed by atoms with Crippen molar-refractivity contribution in [3.8, 4) is 0 Å². The Morgan fingerprint density at radius 3 is 2.17 bits per heavy atom. The highest BCUT2D eigenvalue weighted by atomic mass is 16.2. The Bertz CT molecular complexity index is 893. The van der Waals surface area contributed by atoms with E-state index in [0.717, 1.165) is 64.1 Å². The Morgan fingerprint density at radius 1 is 0.867 bits per heavy atom. The summed E-state index contributed by atoms with van der Waals surface area (Å²) in [5, 5.41) is 0. The van der Waals surface area contributed by atoms with Crippen LogP contribution in [0.4, 0.5) is 11.4 Å². The van der Waals surface area contributed by atoms with Crippen LogP contribution in [0.5, 0.6) is 0 Å². The van der Waals surface area contributed by atoms with E-state index in [1.165, 1.54) is 16.8 Å². The average Bonchev–Trinajstić information content (AvgIpc) is 2.80. The van der Waals surface area contributed by atoms with Gasteiger partial charge in [0.1, 0.15) is 6.29 Å². The van der Waals surface area contributed by atoms with Crippen LogP contribution in [0.25, 0.3) is 0 Å². The Balaban J connectivity index is 1.29. The maximum atomic E-state index is 13.1. The molecular weight excluding hydrogens is 374 g/mol. The molecule has 2 heterocycles. The molecule has 2 aliphatic rings. The van der Waals surface area contributed by atoms with Crippen LogP contribution in [0.15, 0.2) is 42.5 Å². The second-order valence-corrected chi connectivity index (χ2v) is 8.57. The van der Waals surface area contributed by atoms with Crippen molar-refractivity contribution >= 4 is 23.6 Å². The van der Waals surface area contributed by atoms with E-state index in [1.54, 1.807) is 0 Å². The molecule has 2 aromatic rings. The van der Waals surface area contributed by atoms with Gasteiger partial charge in [-0.2, -0.15) is 0 Å². The molecule has 0 radical (unpaired) electrons. The largest absolute Gasteiger partial charge is 0.371 e. The van der Waals surface area contributed by atoms with E-state index >= 15 is 0 Å². The second-order valence-electron chi connectivity index (χ2n) is 8.57. The van der Waals surface area contributed by atoms with Gasteiger partial charge < -0.3 is 14.7 Å². The molecule has 4 rings (SSSR count). The number of aryl methyl sites for hydroxylation is 2. The Kier molecular flexibility index (Phi) is 6.07. The molecule has 158 valence electrons. The molecule has 0 unspecified atom stereocenters. The van der Waals surface area contributed by atoms with E-state index in [4.69, 9.17) is 0 Å². The highest BCUT2D eigenvalue weighted by Gasteiger charge is 2.30. The number of anilines is 2. The van der Waals surface area contributed by atoms with Crippen LogP contribution in [0.1, 0.15) is 34.3 Å². The van der Waals surface area contributed by atoms with Crippen molar-refractivity contribution in [2.75, 3.05) is 49.1 Å². The highest BCUT2D eigenvalue weighted by molar-refractivity contribution is 5.80. The van der Waals surface area contributed by atoms with Crippen molar-refractivity contribution in [3.63, 3.8) is 0 Å². The van der Waals surface area contributed by atoms with Gasteiger partial charge >= 0.3 is 0 Å². The molecule has 5 heteroatoms. The van der Waals surface area contributed by atoms with Gasteiger partial charge in [0.25, 0.3) is 0 Å². The lowest BCUT2D eigenvalue weighted by atomic mass is 9.94. The molecule has 0 aromatic heterocycles. The first-order chi connectivity index (χ1) is 14.5. The molecule has 0 saturated carbocycles. The minimum absolute atomic E-state index is 0.128. The molecule has 5 nitrogen and oxygen atoms in total. The van der Waals surface area contributed by atoms with Crippen molar-refractivity contribution in [2.24, 2.45) is 5.92 Å². The monoisotopic (exact) mass is 405 g/mol. The number of hydrogen-bond acceptors (Lipinski definition) is 4. The number of aldehydes is 1.